The van der Waals surface area contributed by atoms with E-state index in [1.807, 2.05) is 30.3 Å². The molecule has 2 rings (SSSR count). The molecule has 1 aromatic heterocycles. The Morgan fingerprint density at radius 3 is 2.68 bits per heavy atom. The Balaban J connectivity index is 1.90. The molecule has 0 aliphatic carbocycles. The third-order valence-corrected chi connectivity index (χ3v) is 3.43. The van der Waals surface area contributed by atoms with E-state index in [1.54, 1.807) is 0 Å². The van der Waals surface area contributed by atoms with Crippen LogP contribution in [0.5, 0.6) is 0 Å². The highest BCUT2D eigenvalue weighted by atomic mass is 16.5. The number of nitrogens with two attached hydrogens (primary N) is 1. The Kier molecular flexibility index (Phi) is 4.68. The second-order valence-corrected chi connectivity index (χ2v) is 4.91. The molecule has 0 aliphatic rings. The summed E-state index contributed by atoms with van der Waals surface area (Å²) in [7, 11) is 0. The monoisotopic (exact) mass is 259 g/mol. The van der Waals surface area contributed by atoms with Crippen LogP contribution in [-0.2, 0) is 6.42 Å². The Bertz CT molecular complexity index is 495. The van der Waals surface area contributed by atoms with Crippen LogP contribution in [0, 0.1) is 0 Å². The number of aromatic nitrogens is 2. The van der Waals surface area contributed by atoms with Gasteiger partial charge in [0.25, 0.3) is 0 Å². The molecule has 0 saturated carbocycles. The van der Waals surface area contributed by atoms with Crippen molar-refractivity contribution in [3.8, 4) is 0 Å². The molecular weight excluding hydrogens is 238 g/mol. The van der Waals surface area contributed by atoms with Gasteiger partial charge in [-0.05, 0) is 18.4 Å². The molecule has 0 aliphatic heterocycles. The van der Waals surface area contributed by atoms with Gasteiger partial charge in [0.1, 0.15) is 0 Å². The average Bonchev–Trinajstić information content (AvgIpc) is 2.93. The van der Waals surface area contributed by atoms with E-state index < -0.39 is 0 Å². The first-order valence-corrected chi connectivity index (χ1v) is 6.83. The van der Waals surface area contributed by atoms with Crippen molar-refractivity contribution in [1.29, 1.82) is 0 Å². The lowest BCUT2D eigenvalue weighted by molar-refractivity contribution is 0.364. The first-order chi connectivity index (χ1) is 9.20. The van der Waals surface area contributed by atoms with Crippen molar-refractivity contribution in [2.45, 2.75) is 45.1 Å². The van der Waals surface area contributed by atoms with Crippen molar-refractivity contribution in [3.63, 3.8) is 0 Å². The standard InChI is InChI=1S/C15H21N3O/c1-3-11(2)15-17-14(19-18-15)10-9-13(16)12-7-5-4-6-8-12/h4-8,11,13H,3,9-10,16H2,1-2H3. The zero-order valence-electron chi connectivity index (χ0n) is 11.5. The summed E-state index contributed by atoms with van der Waals surface area (Å²) in [4.78, 5) is 4.41. The molecule has 2 aromatic rings. The van der Waals surface area contributed by atoms with E-state index in [0.717, 1.165) is 30.7 Å². The minimum atomic E-state index is 0.0140. The molecule has 1 heterocycles. The second-order valence-electron chi connectivity index (χ2n) is 4.91. The van der Waals surface area contributed by atoms with Crippen LogP contribution >= 0.6 is 0 Å². The number of benzene rings is 1. The predicted octanol–water partition coefficient (Wildman–Crippen LogP) is 3.22. The zero-order chi connectivity index (χ0) is 13.7. The summed E-state index contributed by atoms with van der Waals surface area (Å²) in [6.45, 7) is 4.22. The van der Waals surface area contributed by atoms with Crippen molar-refractivity contribution in [2.24, 2.45) is 5.73 Å². The first-order valence-electron chi connectivity index (χ1n) is 6.83. The molecule has 4 heteroatoms. The number of rotatable bonds is 6. The molecule has 2 N–H and O–H groups in total. The van der Waals surface area contributed by atoms with E-state index >= 15 is 0 Å². The summed E-state index contributed by atoms with van der Waals surface area (Å²) in [6, 6.07) is 10.1. The van der Waals surface area contributed by atoms with E-state index in [9.17, 15) is 0 Å². The van der Waals surface area contributed by atoms with Crippen LogP contribution in [0.3, 0.4) is 0 Å². The minimum absolute atomic E-state index is 0.0140. The van der Waals surface area contributed by atoms with Crippen LogP contribution in [0.15, 0.2) is 34.9 Å². The highest BCUT2D eigenvalue weighted by molar-refractivity contribution is 5.18. The van der Waals surface area contributed by atoms with E-state index in [0.29, 0.717) is 11.8 Å². The molecule has 1 aromatic carbocycles. The van der Waals surface area contributed by atoms with Gasteiger partial charge in [0.15, 0.2) is 5.82 Å². The van der Waals surface area contributed by atoms with Crippen molar-refractivity contribution >= 4 is 0 Å². The van der Waals surface area contributed by atoms with Crippen molar-refractivity contribution in [2.75, 3.05) is 0 Å². The lowest BCUT2D eigenvalue weighted by Crippen LogP contribution is -2.11. The molecule has 0 fully saturated rings. The summed E-state index contributed by atoms with van der Waals surface area (Å²) in [5.74, 6) is 1.83. The Labute approximate surface area is 114 Å². The van der Waals surface area contributed by atoms with E-state index in [2.05, 4.69) is 24.0 Å². The first kappa shape index (κ1) is 13.7. The van der Waals surface area contributed by atoms with Gasteiger partial charge in [-0.15, -0.1) is 0 Å². The summed E-state index contributed by atoms with van der Waals surface area (Å²) in [6.07, 6.45) is 2.55. The molecule has 0 saturated heterocycles. The largest absolute Gasteiger partial charge is 0.339 e. The number of hydrogen-bond donors (Lipinski definition) is 1. The van der Waals surface area contributed by atoms with Gasteiger partial charge < -0.3 is 10.3 Å². The Hall–Kier alpha value is -1.68. The number of aryl methyl sites for hydroxylation is 1. The van der Waals surface area contributed by atoms with Crippen molar-refractivity contribution in [1.82, 2.24) is 10.1 Å². The summed E-state index contributed by atoms with van der Waals surface area (Å²) >= 11 is 0. The van der Waals surface area contributed by atoms with Gasteiger partial charge in [0, 0.05) is 18.4 Å². The van der Waals surface area contributed by atoms with Gasteiger partial charge >= 0.3 is 0 Å². The molecule has 2 unspecified atom stereocenters. The van der Waals surface area contributed by atoms with E-state index in [-0.39, 0.29) is 6.04 Å². The highest BCUT2D eigenvalue weighted by Gasteiger charge is 2.13. The van der Waals surface area contributed by atoms with Crippen LogP contribution in [0.1, 0.15) is 55.9 Å². The maximum Gasteiger partial charge on any atom is 0.226 e. The molecular formula is C15H21N3O. The summed E-state index contributed by atoms with van der Waals surface area (Å²) in [5.41, 5.74) is 7.29. The molecule has 2 atom stereocenters. The van der Waals surface area contributed by atoms with Gasteiger partial charge in [-0.2, -0.15) is 4.98 Å². The molecule has 0 amide bonds. The molecule has 0 radical (unpaired) electrons. The van der Waals surface area contributed by atoms with Crippen LogP contribution in [-0.4, -0.2) is 10.1 Å². The smallest absolute Gasteiger partial charge is 0.226 e. The normalized spacial score (nSPS) is 14.3. The lowest BCUT2D eigenvalue weighted by Gasteiger charge is -2.09. The fourth-order valence-electron chi connectivity index (χ4n) is 1.90. The van der Waals surface area contributed by atoms with Gasteiger partial charge in [-0.3, -0.25) is 0 Å². The van der Waals surface area contributed by atoms with Crippen LogP contribution in [0.2, 0.25) is 0 Å². The fraction of sp³-hybridized carbons (Fsp3) is 0.467. The molecule has 102 valence electrons. The quantitative estimate of drug-likeness (QED) is 0.865. The van der Waals surface area contributed by atoms with Crippen LogP contribution in [0.25, 0.3) is 0 Å². The lowest BCUT2D eigenvalue weighted by atomic mass is 10.0. The summed E-state index contributed by atoms with van der Waals surface area (Å²) in [5, 5.41) is 4.01. The maximum absolute atomic E-state index is 6.15. The van der Waals surface area contributed by atoms with E-state index in [1.165, 1.54) is 0 Å². The molecule has 4 nitrogen and oxygen atoms in total. The van der Waals surface area contributed by atoms with Gasteiger partial charge in [-0.25, -0.2) is 0 Å². The van der Waals surface area contributed by atoms with Gasteiger partial charge in [0.2, 0.25) is 5.89 Å². The molecule has 0 bridgehead atoms. The van der Waals surface area contributed by atoms with Crippen LogP contribution < -0.4 is 5.73 Å². The maximum atomic E-state index is 6.15. The highest BCUT2D eigenvalue weighted by Crippen LogP contribution is 2.18. The third-order valence-electron chi connectivity index (χ3n) is 3.43. The van der Waals surface area contributed by atoms with Gasteiger partial charge in [-0.1, -0.05) is 49.3 Å². The van der Waals surface area contributed by atoms with Crippen molar-refractivity contribution in [3.05, 3.63) is 47.6 Å². The minimum Gasteiger partial charge on any atom is -0.339 e. The number of hydrogen-bond acceptors (Lipinski definition) is 4. The predicted molar refractivity (Wildman–Crippen MR) is 74.7 cm³/mol. The SMILES string of the molecule is CCC(C)c1noc(CCC(N)c2ccccc2)n1. The van der Waals surface area contributed by atoms with Crippen LogP contribution in [0.4, 0.5) is 0 Å². The van der Waals surface area contributed by atoms with Crippen molar-refractivity contribution < 1.29 is 4.52 Å². The number of nitrogens with zero attached hydrogens (tertiary/aromatic N) is 2. The third kappa shape index (κ3) is 3.64. The molecule has 0 spiro atoms. The average molecular weight is 259 g/mol. The summed E-state index contributed by atoms with van der Waals surface area (Å²) < 4.78 is 5.26. The fourth-order valence-corrected chi connectivity index (χ4v) is 1.90. The zero-order valence-corrected chi connectivity index (χ0v) is 11.5. The Morgan fingerprint density at radius 2 is 2.00 bits per heavy atom. The topological polar surface area (TPSA) is 64.9 Å². The Morgan fingerprint density at radius 1 is 1.26 bits per heavy atom. The second kappa shape index (κ2) is 6.48. The molecule has 19 heavy (non-hydrogen) atoms. The van der Waals surface area contributed by atoms with E-state index in [4.69, 9.17) is 10.3 Å². The van der Waals surface area contributed by atoms with Gasteiger partial charge in [0.05, 0.1) is 0 Å².